The summed E-state index contributed by atoms with van der Waals surface area (Å²) in [4.78, 5) is 19.5. The number of pyridine rings is 1. The van der Waals surface area contributed by atoms with E-state index in [1.807, 2.05) is 29.0 Å². The van der Waals surface area contributed by atoms with Gasteiger partial charge in [-0.1, -0.05) is 6.07 Å². The molecule has 3 aromatic rings. The zero-order valence-electron chi connectivity index (χ0n) is 10.2. The van der Waals surface area contributed by atoms with Gasteiger partial charge in [0.25, 0.3) is 0 Å². The summed E-state index contributed by atoms with van der Waals surface area (Å²) in [5.74, 6) is -0.441. The van der Waals surface area contributed by atoms with Crippen molar-refractivity contribution in [3.63, 3.8) is 0 Å². The van der Waals surface area contributed by atoms with E-state index in [0.29, 0.717) is 12.1 Å². The molecule has 2 aromatic heterocycles. The second-order valence-electron chi connectivity index (χ2n) is 4.30. The predicted molar refractivity (Wildman–Crippen MR) is 71.6 cm³/mol. The van der Waals surface area contributed by atoms with Crippen LogP contribution in [-0.2, 0) is 6.54 Å². The van der Waals surface area contributed by atoms with Crippen LogP contribution in [0.2, 0.25) is 0 Å². The van der Waals surface area contributed by atoms with Gasteiger partial charge in [-0.05, 0) is 29.8 Å². The Balaban J connectivity index is 1.99. The molecule has 0 aliphatic rings. The van der Waals surface area contributed by atoms with Crippen molar-refractivity contribution >= 4 is 16.9 Å². The molecular formula is C14H12N4O. The van der Waals surface area contributed by atoms with Gasteiger partial charge >= 0.3 is 0 Å². The second kappa shape index (κ2) is 4.53. The van der Waals surface area contributed by atoms with Crippen LogP contribution in [0.3, 0.4) is 0 Å². The molecule has 0 radical (unpaired) electrons. The van der Waals surface area contributed by atoms with Gasteiger partial charge in [0.1, 0.15) is 0 Å². The van der Waals surface area contributed by atoms with E-state index in [1.54, 1.807) is 24.7 Å². The first-order valence-electron chi connectivity index (χ1n) is 5.87. The number of nitrogens with two attached hydrogens (primary N) is 1. The molecule has 0 aliphatic heterocycles. The first-order chi connectivity index (χ1) is 9.24. The molecule has 0 aliphatic carbocycles. The van der Waals surface area contributed by atoms with Crippen LogP contribution in [0.1, 0.15) is 15.9 Å². The van der Waals surface area contributed by atoms with Crippen molar-refractivity contribution in [2.24, 2.45) is 5.73 Å². The van der Waals surface area contributed by atoms with Gasteiger partial charge in [-0.3, -0.25) is 9.78 Å². The molecule has 1 aromatic carbocycles. The third kappa shape index (κ3) is 2.18. The first kappa shape index (κ1) is 11.4. The van der Waals surface area contributed by atoms with Crippen LogP contribution in [0.15, 0.2) is 49.1 Å². The molecule has 2 N–H and O–H groups in total. The predicted octanol–water partition coefficient (Wildman–Crippen LogP) is 1.58. The Hall–Kier alpha value is -2.69. The molecule has 0 atom stereocenters. The summed E-state index contributed by atoms with van der Waals surface area (Å²) in [5, 5.41) is 0. The van der Waals surface area contributed by atoms with Crippen LogP contribution in [0, 0.1) is 0 Å². The number of hydrogen-bond acceptors (Lipinski definition) is 3. The maximum absolute atomic E-state index is 11.1. The molecule has 0 fully saturated rings. The average molecular weight is 252 g/mol. The summed E-state index contributed by atoms with van der Waals surface area (Å²) in [6, 6.07) is 9.19. The number of carbonyl (C=O) groups is 1. The SMILES string of the molecule is NC(=O)c1ccc2c(c1)ncn2Cc1cccnc1. The zero-order chi connectivity index (χ0) is 13.2. The maximum Gasteiger partial charge on any atom is 0.248 e. The number of aromatic nitrogens is 3. The minimum atomic E-state index is -0.441. The zero-order valence-corrected chi connectivity index (χ0v) is 10.2. The van der Waals surface area contributed by atoms with Gasteiger partial charge in [0.2, 0.25) is 5.91 Å². The second-order valence-corrected chi connectivity index (χ2v) is 4.30. The van der Waals surface area contributed by atoms with Crippen LogP contribution < -0.4 is 5.73 Å². The molecule has 3 rings (SSSR count). The fourth-order valence-corrected chi connectivity index (χ4v) is 2.03. The number of imidazole rings is 1. The highest BCUT2D eigenvalue weighted by Crippen LogP contribution is 2.16. The van der Waals surface area contributed by atoms with Gasteiger partial charge in [-0.25, -0.2) is 4.98 Å². The summed E-state index contributed by atoms with van der Waals surface area (Å²) < 4.78 is 2.01. The Morgan fingerprint density at radius 2 is 2.21 bits per heavy atom. The Labute approximate surface area is 109 Å². The van der Waals surface area contributed by atoms with Crippen LogP contribution in [0.25, 0.3) is 11.0 Å². The molecule has 0 saturated heterocycles. The van der Waals surface area contributed by atoms with Crippen LogP contribution in [0.4, 0.5) is 0 Å². The lowest BCUT2D eigenvalue weighted by molar-refractivity contribution is 0.100. The van der Waals surface area contributed by atoms with E-state index in [2.05, 4.69) is 9.97 Å². The maximum atomic E-state index is 11.1. The van der Waals surface area contributed by atoms with E-state index in [9.17, 15) is 4.79 Å². The number of fused-ring (bicyclic) bond motifs is 1. The number of rotatable bonds is 3. The summed E-state index contributed by atoms with van der Waals surface area (Å²) in [6.45, 7) is 0.695. The lowest BCUT2D eigenvalue weighted by Crippen LogP contribution is -2.10. The van der Waals surface area contributed by atoms with Gasteiger partial charge in [0.05, 0.1) is 23.9 Å². The number of benzene rings is 1. The van der Waals surface area contributed by atoms with Gasteiger partial charge in [-0.2, -0.15) is 0 Å². The number of nitrogens with zero attached hydrogens (tertiary/aromatic N) is 3. The van der Waals surface area contributed by atoms with E-state index >= 15 is 0 Å². The highest BCUT2D eigenvalue weighted by Gasteiger charge is 2.06. The quantitative estimate of drug-likeness (QED) is 0.769. The number of primary amides is 1. The fraction of sp³-hybridized carbons (Fsp3) is 0.0714. The number of hydrogen-bond donors (Lipinski definition) is 1. The smallest absolute Gasteiger partial charge is 0.248 e. The van der Waals surface area contributed by atoms with Crippen molar-refractivity contribution in [1.29, 1.82) is 0 Å². The molecule has 19 heavy (non-hydrogen) atoms. The van der Waals surface area contributed by atoms with Crippen LogP contribution >= 0.6 is 0 Å². The minimum absolute atomic E-state index is 0.441. The lowest BCUT2D eigenvalue weighted by atomic mass is 10.2. The summed E-state index contributed by atoms with van der Waals surface area (Å²) >= 11 is 0. The summed E-state index contributed by atoms with van der Waals surface area (Å²) in [6.07, 6.45) is 5.32. The highest BCUT2D eigenvalue weighted by molar-refractivity contribution is 5.96. The number of amides is 1. The van der Waals surface area contributed by atoms with Crippen molar-refractivity contribution in [2.75, 3.05) is 0 Å². The van der Waals surface area contributed by atoms with E-state index in [1.165, 1.54) is 0 Å². The van der Waals surface area contributed by atoms with Crippen molar-refractivity contribution in [2.45, 2.75) is 6.54 Å². The lowest BCUT2D eigenvalue weighted by Gasteiger charge is -2.04. The molecule has 2 heterocycles. The molecule has 0 unspecified atom stereocenters. The third-order valence-corrected chi connectivity index (χ3v) is 2.98. The third-order valence-electron chi connectivity index (χ3n) is 2.98. The van der Waals surface area contributed by atoms with Gasteiger partial charge < -0.3 is 10.3 Å². The Kier molecular flexibility index (Phi) is 2.72. The van der Waals surface area contributed by atoms with Crippen molar-refractivity contribution < 1.29 is 4.79 Å². The van der Waals surface area contributed by atoms with Crippen molar-refractivity contribution in [3.8, 4) is 0 Å². The van der Waals surface area contributed by atoms with E-state index in [4.69, 9.17) is 5.73 Å². The molecule has 5 nitrogen and oxygen atoms in total. The molecular weight excluding hydrogens is 240 g/mol. The average Bonchev–Trinajstić information content (AvgIpc) is 2.82. The Morgan fingerprint density at radius 1 is 1.32 bits per heavy atom. The van der Waals surface area contributed by atoms with E-state index in [-0.39, 0.29) is 0 Å². The highest BCUT2D eigenvalue weighted by atomic mass is 16.1. The molecule has 0 bridgehead atoms. The topological polar surface area (TPSA) is 73.8 Å². The number of carbonyl (C=O) groups excluding carboxylic acids is 1. The van der Waals surface area contributed by atoms with Crippen LogP contribution in [0.5, 0.6) is 0 Å². The van der Waals surface area contributed by atoms with E-state index in [0.717, 1.165) is 16.6 Å². The van der Waals surface area contributed by atoms with Gasteiger partial charge in [0.15, 0.2) is 0 Å². The van der Waals surface area contributed by atoms with Crippen LogP contribution in [-0.4, -0.2) is 20.4 Å². The molecule has 94 valence electrons. The normalized spacial score (nSPS) is 10.7. The fourth-order valence-electron chi connectivity index (χ4n) is 2.03. The first-order valence-corrected chi connectivity index (χ1v) is 5.87. The summed E-state index contributed by atoms with van der Waals surface area (Å²) in [5.41, 5.74) is 8.55. The van der Waals surface area contributed by atoms with Crippen molar-refractivity contribution in [3.05, 3.63) is 60.2 Å². The monoisotopic (exact) mass is 252 g/mol. The van der Waals surface area contributed by atoms with E-state index < -0.39 is 5.91 Å². The molecule has 0 saturated carbocycles. The molecule has 0 spiro atoms. The van der Waals surface area contributed by atoms with Crippen molar-refractivity contribution in [1.82, 2.24) is 14.5 Å². The minimum Gasteiger partial charge on any atom is -0.366 e. The van der Waals surface area contributed by atoms with Gasteiger partial charge in [-0.15, -0.1) is 0 Å². The largest absolute Gasteiger partial charge is 0.366 e. The van der Waals surface area contributed by atoms with Gasteiger partial charge in [0, 0.05) is 18.0 Å². The Morgan fingerprint density at radius 3 is 2.95 bits per heavy atom. The Bertz CT molecular complexity index is 734. The standard InChI is InChI=1S/C14H12N4O/c15-14(19)11-3-4-13-12(6-11)17-9-18(13)8-10-2-1-5-16-7-10/h1-7,9H,8H2,(H2,15,19). The molecule has 1 amide bonds. The summed E-state index contributed by atoms with van der Waals surface area (Å²) in [7, 11) is 0. The molecule has 5 heteroatoms.